The summed E-state index contributed by atoms with van der Waals surface area (Å²) in [6.45, 7) is 5.50. The van der Waals surface area contributed by atoms with Crippen LogP contribution in [0.2, 0.25) is 0 Å². The van der Waals surface area contributed by atoms with Gasteiger partial charge in [0.15, 0.2) is 5.96 Å². The van der Waals surface area contributed by atoms with Gasteiger partial charge in [-0.3, -0.25) is 19.4 Å². The summed E-state index contributed by atoms with van der Waals surface area (Å²) >= 11 is 0. The van der Waals surface area contributed by atoms with Gasteiger partial charge in [-0.1, -0.05) is 20.3 Å². The van der Waals surface area contributed by atoms with E-state index in [2.05, 4.69) is 15.6 Å². The zero-order valence-corrected chi connectivity index (χ0v) is 20.1. The third-order valence-electron chi connectivity index (χ3n) is 5.96. The summed E-state index contributed by atoms with van der Waals surface area (Å²) in [7, 11) is 0. The molecular weight excluding hydrogens is 446 g/mol. The molecule has 0 aromatic carbocycles. The van der Waals surface area contributed by atoms with Crippen molar-refractivity contribution in [2.75, 3.05) is 13.1 Å². The zero-order chi connectivity index (χ0) is 26.0. The molecule has 1 aliphatic heterocycles. The Kier molecular flexibility index (Phi) is 11.7. The lowest BCUT2D eigenvalue weighted by Gasteiger charge is -2.32. The standard InChI is InChI=1S/C21H39N7O6/c1-4-11(2)15(19(32)28-10-6-8-14(28)20(33)34)26-18(31)16(12(3)29)27-17(30)13(22)7-5-9-25-21(23)24/h11-16,29H,4-10,22H2,1-3H3,(H,26,31)(H,27,30)(H,33,34)(H4,23,24,25). The lowest BCUT2D eigenvalue weighted by Crippen LogP contribution is -2.61. The molecule has 1 rings (SSSR count). The molecule has 6 atom stereocenters. The molecule has 0 aliphatic carbocycles. The van der Waals surface area contributed by atoms with Gasteiger partial charge >= 0.3 is 5.97 Å². The number of aliphatic carboxylic acids is 1. The number of hydrogen-bond donors (Lipinski definition) is 7. The molecule has 1 aliphatic rings. The van der Waals surface area contributed by atoms with E-state index >= 15 is 0 Å². The first-order valence-corrected chi connectivity index (χ1v) is 11.5. The van der Waals surface area contributed by atoms with Gasteiger partial charge in [0.2, 0.25) is 17.7 Å². The van der Waals surface area contributed by atoms with Crippen molar-refractivity contribution in [3.05, 3.63) is 0 Å². The van der Waals surface area contributed by atoms with Crippen LogP contribution in [0.5, 0.6) is 0 Å². The molecule has 194 valence electrons. The first-order chi connectivity index (χ1) is 15.9. The van der Waals surface area contributed by atoms with E-state index in [1.54, 1.807) is 6.92 Å². The molecular formula is C21H39N7O6. The van der Waals surface area contributed by atoms with Crippen molar-refractivity contribution in [2.24, 2.45) is 28.1 Å². The molecule has 1 heterocycles. The fraction of sp³-hybridized carbons (Fsp3) is 0.762. The Morgan fingerprint density at radius 2 is 1.74 bits per heavy atom. The van der Waals surface area contributed by atoms with Crippen LogP contribution in [-0.4, -0.2) is 88.1 Å². The van der Waals surface area contributed by atoms with Gasteiger partial charge in [-0.05, 0) is 38.5 Å². The maximum atomic E-state index is 13.2. The maximum Gasteiger partial charge on any atom is 0.326 e. The van der Waals surface area contributed by atoms with Crippen LogP contribution in [0.1, 0.15) is 52.9 Å². The molecule has 0 aromatic rings. The lowest BCUT2D eigenvalue weighted by atomic mass is 9.96. The predicted octanol–water partition coefficient (Wildman–Crippen LogP) is -2.16. The van der Waals surface area contributed by atoms with Crippen LogP contribution in [0.3, 0.4) is 0 Å². The molecule has 0 spiro atoms. The highest BCUT2D eigenvalue weighted by Crippen LogP contribution is 2.21. The van der Waals surface area contributed by atoms with Crippen LogP contribution in [0.15, 0.2) is 4.99 Å². The fourth-order valence-corrected chi connectivity index (χ4v) is 3.71. The minimum atomic E-state index is -1.36. The fourth-order valence-electron chi connectivity index (χ4n) is 3.71. The summed E-state index contributed by atoms with van der Waals surface area (Å²) in [5, 5.41) is 24.6. The van der Waals surface area contributed by atoms with E-state index in [4.69, 9.17) is 17.2 Å². The second-order valence-electron chi connectivity index (χ2n) is 8.68. The first kappa shape index (κ1) is 29.1. The second-order valence-corrected chi connectivity index (χ2v) is 8.68. The normalized spacial score (nSPS) is 19.9. The number of aliphatic hydroxyl groups excluding tert-OH is 1. The molecule has 10 N–H and O–H groups in total. The number of nitrogens with one attached hydrogen (secondary N) is 2. The Hall–Kier alpha value is -2.93. The van der Waals surface area contributed by atoms with E-state index in [0.29, 0.717) is 25.7 Å². The number of amides is 3. The van der Waals surface area contributed by atoms with Gasteiger partial charge in [-0.2, -0.15) is 0 Å². The number of aliphatic hydroxyl groups is 1. The van der Waals surface area contributed by atoms with Crippen LogP contribution in [0.4, 0.5) is 0 Å². The number of hydrogen-bond acceptors (Lipinski definition) is 7. The number of carboxylic acid groups (broad SMARTS) is 1. The molecule has 1 fully saturated rings. The molecule has 0 aromatic heterocycles. The average Bonchev–Trinajstić information content (AvgIpc) is 3.27. The van der Waals surface area contributed by atoms with Crippen LogP contribution in [0.25, 0.3) is 0 Å². The topological polar surface area (TPSA) is 226 Å². The van der Waals surface area contributed by atoms with Gasteiger partial charge in [-0.25, -0.2) is 4.79 Å². The molecule has 0 bridgehead atoms. The minimum Gasteiger partial charge on any atom is -0.480 e. The Morgan fingerprint density at radius 1 is 1.12 bits per heavy atom. The highest BCUT2D eigenvalue weighted by molar-refractivity contribution is 5.94. The highest BCUT2D eigenvalue weighted by atomic mass is 16.4. The summed E-state index contributed by atoms with van der Waals surface area (Å²) in [4.78, 5) is 55.2. The van der Waals surface area contributed by atoms with E-state index < -0.39 is 54.0 Å². The van der Waals surface area contributed by atoms with Crippen LogP contribution < -0.4 is 27.8 Å². The SMILES string of the molecule is CCC(C)C(NC(=O)C(NC(=O)C(N)CCCN=C(N)N)C(C)O)C(=O)N1CCCC1C(=O)O. The molecule has 6 unspecified atom stereocenters. The van der Waals surface area contributed by atoms with Gasteiger partial charge in [-0.15, -0.1) is 0 Å². The Labute approximate surface area is 199 Å². The smallest absolute Gasteiger partial charge is 0.326 e. The Bertz CT molecular complexity index is 756. The zero-order valence-electron chi connectivity index (χ0n) is 20.1. The number of carboxylic acids is 1. The average molecular weight is 486 g/mol. The predicted molar refractivity (Wildman–Crippen MR) is 125 cm³/mol. The van der Waals surface area contributed by atoms with Crippen molar-refractivity contribution >= 4 is 29.7 Å². The van der Waals surface area contributed by atoms with Crippen LogP contribution in [0, 0.1) is 5.92 Å². The number of nitrogens with two attached hydrogens (primary N) is 3. The number of carbonyl (C=O) groups excluding carboxylic acids is 3. The van der Waals surface area contributed by atoms with Crippen molar-refractivity contribution < 1.29 is 29.4 Å². The summed E-state index contributed by atoms with van der Waals surface area (Å²) in [6, 6.07) is -4.27. The Morgan fingerprint density at radius 3 is 2.26 bits per heavy atom. The van der Waals surface area contributed by atoms with E-state index in [0.717, 1.165) is 0 Å². The summed E-state index contributed by atoms with van der Waals surface area (Å²) in [5.74, 6) is -3.39. The quantitative estimate of drug-likeness (QED) is 0.0854. The van der Waals surface area contributed by atoms with E-state index in [1.807, 2.05) is 6.92 Å². The monoisotopic (exact) mass is 485 g/mol. The highest BCUT2D eigenvalue weighted by Gasteiger charge is 2.40. The first-order valence-electron chi connectivity index (χ1n) is 11.5. The van der Waals surface area contributed by atoms with E-state index in [9.17, 15) is 29.4 Å². The number of rotatable bonds is 13. The van der Waals surface area contributed by atoms with Gasteiger partial charge < -0.3 is 42.9 Å². The lowest BCUT2D eigenvalue weighted by molar-refractivity contribution is -0.150. The van der Waals surface area contributed by atoms with E-state index in [-0.39, 0.29) is 31.4 Å². The summed E-state index contributed by atoms with van der Waals surface area (Å²) in [6.07, 6.45) is 0.838. The molecule has 3 amide bonds. The molecule has 13 nitrogen and oxygen atoms in total. The van der Waals surface area contributed by atoms with E-state index in [1.165, 1.54) is 11.8 Å². The molecule has 0 radical (unpaired) electrons. The van der Waals surface area contributed by atoms with Crippen molar-refractivity contribution in [1.29, 1.82) is 0 Å². The van der Waals surface area contributed by atoms with Gasteiger partial charge in [0.25, 0.3) is 0 Å². The molecule has 13 heteroatoms. The van der Waals surface area contributed by atoms with Gasteiger partial charge in [0, 0.05) is 13.1 Å². The number of aliphatic imine (C=N–C) groups is 1. The number of likely N-dealkylation sites (tertiary alicyclic amines) is 1. The molecule has 1 saturated heterocycles. The summed E-state index contributed by atoms with van der Waals surface area (Å²) < 4.78 is 0. The number of guanidine groups is 1. The van der Waals surface area contributed by atoms with Crippen LogP contribution in [-0.2, 0) is 19.2 Å². The molecule has 34 heavy (non-hydrogen) atoms. The van der Waals surface area contributed by atoms with Crippen LogP contribution >= 0.6 is 0 Å². The minimum absolute atomic E-state index is 0.0714. The Balaban J connectivity index is 2.88. The van der Waals surface area contributed by atoms with Gasteiger partial charge in [0.05, 0.1) is 12.1 Å². The maximum absolute atomic E-state index is 13.2. The largest absolute Gasteiger partial charge is 0.480 e. The van der Waals surface area contributed by atoms with Crippen molar-refractivity contribution in [3.63, 3.8) is 0 Å². The summed E-state index contributed by atoms with van der Waals surface area (Å²) in [5.41, 5.74) is 16.4. The third-order valence-corrected chi connectivity index (χ3v) is 5.96. The van der Waals surface area contributed by atoms with Gasteiger partial charge in [0.1, 0.15) is 18.1 Å². The van der Waals surface area contributed by atoms with Crippen molar-refractivity contribution in [1.82, 2.24) is 15.5 Å². The number of nitrogens with zero attached hydrogens (tertiary/aromatic N) is 2. The molecule has 0 saturated carbocycles. The van der Waals surface area contributed by atoms with Crippen molar-refractivity contribution in [3.8, 4) is 0 Å². The second kappa shape index (κ2) is 13.7. The number of carbonyl (C=O) groups is 4. The van der Waals surface area contributed by atoms with Crippen molar-refractivity contribution in [2.45, 2.75) is 83.1 Å². The third kappa shape index (κ3) is 8.45.